The highest BCUT2D eigenvalue weighted by Crippen LogP contribution is 2.10. The summed E-state index contributed by atoms with van der Waals surface area (Å²) < 4.78 is 0. The van der Waals surface area contributed by atoms with Gasteiger partial charge in [-0.2, -0.15) is 0 Å². The zero-order valence-corrected chi connectivity index (χ0v) is 11.3. The van der Waals surface area contributed by atoms with E-state index >= 15 is 0 Å². The zero-order valence-electron chi connectivity index (χ0n) is 11.3. The van der Waals surface area contributed by atoms with Gasteiger partial charge < -0.3 is 10.7 Å². The van der Waals surface area contributed by atoms with Crippen molar-refractivity contribution in [3.05, 3.63) is 53.5 Å². The van der Waals surface area contributed by atoms with Gasteiger partial charge in [-0.3, -0.25) is 9.78 Å². The lowest BCUT2D eigenvalue weighted by Gasteiger charge is -2.08. The molecule has 0 spiro atoms. The molecule has 6 heteroatoms. The van der Waals surface area contributed by atoms with Crippen molar-refractivity contribution < 1.29 is 4.79 Å². The zero-order chi connectivity index (χ0) is 14.4. The number of nitrogens with two attached hydrogens (primary N) is 1. The van der Waals surface area contributed by atoms with E-state index in [1.807, 2.05) is 19.1 Å². The van der Waals surface area contributed by atoms with E-state index in [0.717, 1.165) is 17.7 Å². The van der Waals surface area contributed by atoms with Crippen LogP contribution in [0.4, 0.5) is 5.82 Å². The molecule has 0 fully saturated rings. The Morgan fingerprint density at radius 3 is 2.90 bits per heavy atom. The number of hydrogen-bond acceptors (Lipinski definition) is 5. The molecular weight excluding hydrogens is 254 g/mol. The molecule has 0 radical (unpaired) electrons. The summed E-state index contributed by atoms with van der Waals surface area (Å²) in [5.41, 5.74) is 4.76. The van der Waals surface area contributed by atoms with Crippen LogP contribution in [0.1, 0.15) is 28.5 Å². The number of pyridine rings is 2. The van der Waals surface area contributed by atoms with Gasteiger partial charge in [-0.1, -0.05) is 13.0 Å². The Balaban J connectivity index is 2.08. The van der Waals surface area contributed by atoms with E-state index in [2.05, 4.69) is 20.7 Å². The van der Waals surface area contributed by atoms with Gasteiger partial charge in [0.1, 0.15) is 5.82 Å². The molecule has 2 aromatic heterocycles. The molecule has 6 nitrogen and oxygen atoms in total. The minimum Gasteiger partial charge on any atom is -0.348 e. The van der Waals surface area contributed by atoms with Crippen LogP contribution in [0.15, 0.2) is 36.7 Å². The first kappa shape index (κ1) is 14.0. The number of rotatable bonds is 5. The first-order valence-corrected chi connectivity index (χ1v) is 6.37. The average molecular weight is 271 g/mol. The summed E-state index contributed by atoms with van der Waals surface area (Å²) in [4.78, 5) is 20.4. The molecule has 2 aromatic rings. The molecule has 2 heterocycles. The maximum atomic E-state index is 12.1. The van der Waals surface area contributed by atoms with Crippen LogP contribution in [0.3, 0.4) is 0 Å². The van der Waals surface area contributed by atoms with Crippen molar-refractivity contribution in [1.82, 2.24) is 15.3 Å². The molecule has 104 valence electrons. The predicted molar refractivity (Wildman–Crippen MR) is 76.8 cm³/mol. The number of anilines is 1. The quantitative estimate of drug-likeness (QED) is 0.562. The number of nitrogens with one attached hydrogen (secondary N) is 2. The molecule has 0 bridgehead atoms. The summed E-state index contributed by atoms with van der Waals surface area (Å²) in [5, 5.41) is 2.84. The van der Waals surface area contributed by atoms with Crippen molar-refractivity contribution in [3.8, 4) is 0 Å². The Morgan fingerprint density at radius 2 is 2.25 bits per heavy atom. The summed E-state index contributed by atoms with van der Waals surface area (Å²) in [6, 6.07) is 7.13. The lowest BCUT2D eigenvalue weighted by atomic mass is 10.1. The minimum atomic E-state index is -0.164. The monoisotopic (exact) mass is 271 g/mol. The third-order valence-electron chi connectivity index (χ3n) is 2.83. The van der Waals surface area contributed by atoms with Crippen molar-refractivity contribution in [2.24, 2.45) is 5.84 Å². The number of hydrazine groups is 1. The van der Waals surface area contributed by atoms with Crippen LogP contribution in [0.5, 0.6) is 0 Å². The largest absolute Gasteiger partial charge is 0.348 e. The highest BCUT2D eigenvalue weighted by Gasteiger charge is 2.09. The van der Waals surface area contributed by atoms with Gasteiger partial charge in [0.2, 0.25) is 0 Å². The van der Waals surface area contributed by atoms with Gasteiger partial charge in [0.05, 0.1) is 0 Å². The first-order valence-electron chi connectivity index (χ1n) is 6.37. The number of hydrogen-bond donors (Lipinski definition) is 3. The third kappa shape index (κ3) is 3.52. The van der Waals surface area contributed by atoms with Gasteiger partial charge in [0.25, 0.3) is 5.91 Å². The van der Waals surface area contributed by atoms with Crippen LogP contribution in [0, 0.1) is 0 Å². The number of carbonyl (C=O) groups is 1. The Labute approximate surface area is 117 Å². The second-order valence-electron chi connectivity index (χ2n) is 4.27. The molecular formula is C14H17N5O. The number of aryl methyl sites for hydroxylation is 1. The number of amides is 1. The number of nitrogen functional groups attached to an aromatic ring is 1. The van der Waals surface area contributed by atoms with Gasteiger partial charge >= 0.3 is 0 Å². The van der Waals surface area contributed by atoms with E-state index in [0.29, 0.717) is 17.9 Å². The lowest BCUT2D eigenvalue weighted by molar-refractivity contribution is 0.0950. The summed E-state index contributed by atoms with van der Waals surface area (Å²) >= 11 is 0. The summed E-state index contributed by atoms with van der Waals surface area (Å²) in [5.74, 6) is 5.67. The molecule has 2 rings (SSSR count). The maximum absolute atomic E-state index is 12.1. The van der Waals surface area contributed by atoms with Crippen molar-refractivity contribution in [2.45, 2.75) is 19.9 Å². The predicted octanol–water partition coefficient (Wildman–Crippen LogP) is 1.25. The highest BCUT2D eigenvalue weighted by molar-refractivity contribution is 5.94. The van der Waals surface area contributed by atoms with Crippen molar-refractivity contribution in [2.75, 3.05) is 5.43 Å². The summed E-state index contributed by atoms with van der Waals surface area (Å²) in [6.45, 7) is 2.40. The Kier molecular flexibility index (Phi) is 4.62. The number of nitrogens with zero attached hydrogens (tertiary/aromatic N) is 2. The summed E-state index contributed by atoms with van der Waals surface area (Å²) in [7, 11) is 0. The molecule has 1 amide bonds. The van der Waals surface area contributed by atoms with E-state index < -0.39 is 0 Å². The maximum Gasteiger partial charge on any atom is 0.251 e. The second-order valence-corrected chi connectivity index (χ2v) is 4.27. The highest BCUT2D eigenvalue weighted by atomic mass is 16.1. The standard InChI is InChI=1S/C14H17N5O/c1-2-12-6-11(7-13(18-12)19-15)14(20)17-9-10-4-3-5-16-8-10/h3-8H,2,9,15H2,1H3,(H,17,20)(H,18,19). The van der Waals surface area contributed by atoms with Gasteiger partial charge in [-0.25, -0.2) is 10.8 Å². The van der Waals surface area contributed by atoms with E-state index in [1.165, 1.54) is 0 Å². The van der Waals surface area contributed by atoms with Crippen molar-refractivity contribution >= 4 is 11.7 Å². The Bertz CT molecular complexity index is 563. The van der Waals surface area contributed by atoms with E-state index in [1.54, 1.807) is 24.5 Å². The van der Waals surface area contributed by atoms with Gasteiger partial charge in [-0.15, -0.1) is 0 Å². The van der Waals surface area contributed by atoms with Crippen LogP contribution in [0.25, 0.3) is 0 Å². The average Bonchev–Trinajstić information content (AvgIpc) is 2.52. The molecule has 0 aromatic carbocycles. The molecule has 0 saturated heterocycles. The van der Waals surface area contributed by atoms with Crippen LogP contribution >= 0.6 is 0 Å². The summed E-state index contributed by atoms with van der Waals surface area (Å²) in [6.07, 6.45) is 4.15. The first-order chi connectivity index (χ1) is 9.72. The van der Waals surface area contributed by atoms with Crippen LogP contribution in [-0.4, -0.2) is 15.9 Å². The third-order valence-corrected chi connectivity index (χ3v) is 2.83. The minimum absolute atomic E-state index is 0.164. The fourth-order valence-corrected chi connectivity index (χ4v) is 1.76. The van der Waals surface area contributed by atoms with Crippen LogP contribution in [0.2, 0.25) is 0 Å². The van der Waals surface area contributed by atoms with Gasteiger partial charge in [0.15, 0.2) is 0 Å². The van der Waals surface area contributed by atoms with Gasteiger partial charge in [-0.05, 0) is 30.2 Å². The second kappa shape index (κ2) is 6.63. The van der Waals surface area contributed by atoms with Crippen LogP contribution in [-0.2, 0) is 13.0 Å². The molecule has 0 unspecified atom stereocenters. The Morgan fingerprint density at radius 1 is 1.40 bits per heavy atom. The van der Waals surface area contributed by atoms with E-state index in [-0.39, 0.29) is 5.91 Å². The molecule has 4 N–H and O–H groups in total. The van der Waals surface area contributed by atoms with Crippen molar-refractivity contribution in [3.63, 3.8) is 0 Å². The number of carbonyl (C=O) groups excluding carboxylic acids is 1. The fraction of sp³-hybridized carbons (Fsp3) is 0.214. The molecule has 20 heavy (non-hydrogen) atoms. The smallest absolute Gasteiger partial charge is 0.251 e. The molecule has 0 atom stereocenters. The van der Waals surface area contributed by atoms with Crippen LogP contribution < -0.4 is 16.6 Å². The van der Waals surface area contributed by atoms with Gasteiger partial charge in [0, 0.05) is 30.2 Å². The number of aromatic nitrogens is 2. The normalized spacial score (nSPS) is 10.1. The van der Waals surface area contributed by atoms with E-state index in [9.17, 15) is 4.79 Å². The molecule has 0 saturated carbocycles. The molecule has 0 aliphatic rings. The lowest BCUT2D eigenvalue weighted by Crippen LogP contribution is -2.23. The molecule has 0 aliphatic heterocycles. The van der Waals surface area contributed by atoms with E-state index in [4.69, 9.17) is 5.84 Å². The van der Waals surface area contributed by atoms with Crippen molar-refractivity contribution in [1.29, 1.82) is 0 Å². The SMILES string of the molecule is CCc1cc(C(=O)NCc2cccnc2)cc(NN)n1. The fourth-order valence-electron chi connectivity index (χ4n) is 1.76. The Hall–Kier alpha value is -2.47. The topological polar surface area (TPSA) is 92.9 Å². The molecule has 0 aliphatic carbocycles.